The van der Waals surface area contributed by atoms with Crippen molar-refractivity contribution in [1.82, 2.24) is 10.7 Å². The summed E-state index contributed by atoms with van der Waals surface area (Å²) in [5, 5.41) is 2.92. The van der Waals surface area contributed by atoms with Crippen LogP contribution in [0.2, 0.25) is 0 Å². The van der Waals surface area contributed by atoms with Crippen LogP contribution in [0.25, 0.3) is 0 Å². The monoisotopic (exact) mass is 444 g/mol. The van der Waals surface area contributed by atoms with Crippen molar-refractivity contribution in [2.75, 3.05) is 14.2 Å². The summed E-state index contributed by atoms with van der Waals surface area (Å²) in [6, 6.07) is 20.9. The van der Waals surface area contributed by atoms with Gasteiger partial charge < -0.3 is 14.8 Å². The Kier molecular flexibility index (Phi) is 6.40. The van der Waals surface area contributed by atoms with Crippen molar-refractivity contribution in [3.63, 3.8) is 0 Å². The molecule has 0 unspecified atom stereocenters. The van der Waals surface area contributed by atoms with Gasteiger partial charge in [0, 0.05) is 11.1 Å². The van der Waals surface area contributed by atoms with E-state index in [0.717, 1.165) is 16.7 Å². The van der Waals surface area contributed by atoms with E-state index in [2.05, 4.69) is 10.7 Å². The lowest BCUT2D eigenvalue weighted by Gasteiger charge is -2.15. The number of methoxy groups -OCH3 is 2. The lowest BCUT2D eigenvalue weighted by Crippen LogP contribution is -2.42. The van der Waals surface area contributed by atoms with Gasteiger partial charge in [0.05, 0.1) is 19.8 Å². The predicted octanol–water partition coefficient (Wildman–Crippen LogP) is 3.03. The molecule has 0 aromatic heterocycles. The molecule has 1 saturated heterocycles. The summed E-state index contributed by atoms with van der Waals surface area (Å²) < 4.78 is 12.4. The number of hydrazine groups is 1. The Morgan fingerprint density at radius 1 is 1.00 bits per heavy atom. The average Bonchev–Trinajstić information content (AvgIpc) is 3.13. The van der Waals surface area contributed by atoms with E-state index in [9.17, 15) is 9.59 Å². The van der Waals surface area contributed by atoms with Crippen LogP contribution in [0.3, 0.4) is 0 Å². The SMILES string of the molecule is COc1ccc([C@H]2[C@@H](NC(=O)c3cccc(C)c3)C(=O)N/[N+]2=C\c2ccccc2OC)cc1. The number of hydrogen-bond acceptors (Lipinski definition) is 4. The third kappa shape index (κ3) is 4.72. The molecule has 3 aromatic carbocycles. The zero-order valence-electron chi connectivity index (χ0n) is 18.7. The molecule has 1 heterocycles. The predicted molar refractivity (Wildman–Crippen MR) is 125 cm³/mol. The first-order valence-corrected chi connectivity index (χ1v) is 10.6. The van der Waals surface area contributed by atoms with Crippen LogP contribution < -0.4 is 20.2 Å². The number of aryl methyl sites for hydroxylation is 1. The Hall–Kier alpha value is -4.13. The summed E-state index contributed by atoms with van der Waals surface area (Å²) in [6.45, 7) is 1.92. The third-order valence-electron chi connectivity index (χ3n) is 5.58. The second-order valence-electron chi connectivity index (χ2n) is 7.79. The highest BCUT2D eigenvalue weighted by molar-refractivity contribution is 5.98. The Balaban J connectivity index is 1.73. The summed E-state index contributed by atoms with van der Waals surface area (Å²) in [7, 11) is 3.20. The van der Waals surface area contributed by atoms with Crippen molar-refractivity contribution in [2.45, 2.75) is 19.0 Å². The summed E-state index contributed by atoms with van der Waals surface area (Å²) in [5.41, 5.74) is 6.00. The zero-order valence-corrected chi connectivity index (χ0v) is 18.7. The van der Waals surface area contributed by atoms with Gasteiger partial charge in [-0.3, -0.25) is 9.59 Å². The summed E-state index contributed by atoms with van der Waals surface area (Å²) in [4.78, 5) is 26.0. The molecule has 7 heteroatoms. The highest BCUT2D eigenvalue weighted by Gasteiger charge is 2.48. The fraction of sp³-hybridized carbons (Fsp3) is 0.192. The van der Waals surface area contributed by atoms with Gasteiger partial charge in [0.2, 0.25) is 12.3 Å². The number of rotatable bonds is 6. The minimum absolute atomic E-state index is 0.303. The van der Waals surface area contributed by atoms with E-state index in [1.165, 1.54) is 0 Å². The normalized spacial score (nSPS) is 18.6. The lowest BCUT2D eigenvalue weighted by molar-refractivity contribution is -0.596. The number of benzene rings is 3. The minimum atomic E-state index is -0.808. The van der Waals surface area contributed by atoms with Crippen LogP contribution in [-0.4, -0.2) is 43.0 Å². The number of para-hydroxylation sites is 1. The zero-order chi connectivity index (χ0) is 23.4. The van der Waals surface area contributed by atoms with E-state index >= 15 is 0 Å². The van der Waals surface area contributed by atoms with Crippen molar-refractivity contribution in [1.29, 1.82) is 0 Å². The molecule has 2 amide bonds. The Morgan fingerprint density at radius 2 is 1.76 bits per heavy atom. The number of nitrogens with zero attached hydrogens (tertiary/aromatic N) is 1. The van der Waals surface area contributed by atoms with Crippen LogP contribution in [0.1, 0.15) is 33.1 Å². The maximum atomic E-state index is 13.0. The fourth-order valence-electron chi connectivity index (χ4n) is 3.92. The number of carbonyl (C=O) groups excluding carboxylic acids is 2. The van der Waals surface area contributed by atoms with Crippen LogP contribution in [0, 0.1) is 6.92 Å². The van der Waals surface area contributed by atoms with Crippen LogP contribution in [0.15, 0.2) is 72.8 Å². The molecule has 1 aliphatic heterocycles. The number of amides is 2. The van der Waals surface area contributed by atoms with Gasteiger partial charge >= 0.3 is 5.91 Å². The molecule has 0 spiro atoms. The van der Waals surface area contributed by atoms with Crippen LogP contribution in [-0.2, 0) is 4.79 Å². The van der Waals surface area contributed by atoms with E-state index in [0.29, 0.717) is 17.1 Å². The summed E-state index contributed by atoms with van der Waals surface area (Å²) in [6.07, 6.45) is 1.81. The van der Waals surface area contributed by atoms with Gasteiger partial charge in [0.15, 0.2) is 6.04 Å². The molecule has 2 atom stereocenters. The molecule has 2 N–H and O–H groups in total. The van der Waals surface area contributed by atoms with E-state index in [-0.39, 0.29) is 11.8 Å². The number of hydrazone groups is 1. The van der Waals surface area contributed by atoms with Gasteiger partial charge in [-0.2, -0.15) is 0 Å². The molecule has 1 aliphatic rings. The van der Waals surface area contributed by atoms with E-state index < -0.39 is 12.1 Å². The molecule has 0 radical (unpaired) electrons. The maximum Gasteiger partial charge on any atom is 0.304 e. The van der Waals surface area contributed by atoms with Crippen molar-refractivity contribution >= 4 is 18.0 Å². The second kappa shape index (κ2) is 9.56. The van der Waals surface area contributed by atoms with Gasteiger partial charge in [0.1, 0.15) is 11.5 Å². The van der Waals surface area contributed by atoms with Crippen molar-refractivity contribution < 1.29 is 23.7 Å². The second-order valence-corrected chi connectivity index (χ2v) is 7.79. The van der Waals surface area contributed by atoms with E-state index in [1.807, 2.05) is 73.8 Å². The summed E-state index contributed by atoms with van der Waals surface area (Å²) >= 11 is 0. The number of ether oxygens (including phenoxy) is 2. The molecular formula is C26H26N3O4+. The molecule has 1 fully saturated rings. The molecule has 168 valence electrons. The molecular weight excluding hydrogens is 418 g/mol. The van der Waals surface area contributed by atoms with Crippen LogP contribution in [0.4, 0.5) is 0 Å². The van der Waals surface area contributed by atoms with Gasteiger partial charge in [-0.15, -0.1) is 10.1 Å². The van der Waals surface area contributed by atoms with Gasteiger partial charge in [-0.25, -0.2) is 0 Å². The first-order chi connectivity index (χ1) is 16.0. The van der Waals surface area contributed by atoms with Crippen molar-refractivity contribution in [3.8, 4) is 11.5 Å². The molecule has 3 aromatic rings. The van der Waals surface area contributed by atoms with Gasteiger partial charge in [-0.1, -0.05) is 29.8 Å². The number of hydrogen-bond donors (Lipinski definition) is 2. The topological polar surface area (TPSA) is 79.7 Å². The van der Waals surface area contributed by atoms with Crippen molar-refractivity contribution in [3.05, 3.63) is 95.1 Å². The molecule has 0 bridgehead atoms. The molecule has 33 heavy (non-hydrogen) atoms. The maximum absolute atomic E-state index is 13.0. The first kappa shape index (κ1) is 22.1. The van der Waals surface area contributed by atoms with Gasteiger partial charge in [-0.05, 0) is 55.5 Å². The number of carbonyl (C=O) groups is 2. The first-order valence-electron chi connectivity index (χ1n) is 10.6. The third-order valence-corrected chi connectivity index (χ3v) is 5.58. The largest absolute Gasteiger partial charge is 0.497 e. The summed E-state index contributed by atoms with van der Waals surface area (Å²) in [5.74, 6) is 0.767. The average molecular weight is 445 g/mol. The molecule has 0 aliphatic carbocycles. The Labute approximate surface area is 192 Å². The Bertz CT molecular complexity index is 1200. The highest BCUT2D eigenvalue weighted by atomic mass is 16.5. The lowest BCUT2D eigenvalue weighted by atomic mass is 9.99. The molecule has 0 saturated carbocycles. The molecule has 4 rings (SSSR count). The van der Waals surface area contributed by atoms with Crippen LogP contribution >= 0.6 is 0 Å². The highest BCUT2D eigenvalue weighted by Crippen LogP contribution is 2.28. The standard InChI is InChI=1S/C26H25N3O4/c1-17-7-6-9-19(15-17)25(30)27-23-24(18-11-13-21(32-2)14-12-18)29(28-26(23)31)16-20-8-4-5-10-22(20)33-3/h4-16,23-24H,1-3H3,(H-,27,28,30,31)/p+1/b29-16-/t23-,24+/m1/s1. The van der Waals surface area contributed by atoms with Crippen molar-refractivity contribution in [2.24, 2.45) is 0 Å². The smallest absolute Gasteiger partial charge is 0.304 e. The van der Waals surface area contributed by atoms with E-state index in [4.69, 9.17) is 9.47 Å². The minimum Gasteiger partial charge on any atom is -0.497 e. The van der Waals surface area contributed by atoms with E-state index in [1.54, 1.807) is 31.0 Å². The Morgan fingerprint density at radius 3 is 2.45 bits per heavy atom. The van der Waals surface area contributed by atoms with Crippen LogP contribution in [0.5, 0.6) is 11.5 Å². The molecule has 7 nitrogen and oxygen atoms in total. The quantitative estimate of drug-likeness (QED) is 0.573. The number of nitrogens with one attached hydrogen (secondary N) is 2. The fourth-order valence-corrected chi connectivity index (χ4v) is 3.92. The van der Waals surface area contributed by atoms with Gasteiger partial charge in [0.25, 0.3) is 5.91 Å².